The molecule has 2 aliphatic rings. The summed E-state index contributed by atoms with van der Waals surface area (Å²) < 4.78 is 0. The van der Waals surface area contributed by atoms with Gasteiger partial charge in [0.1, 0.15) is 0 Å². The van der Waals surface area contributed by atoms with Crippen LogP contribution in [0.25, 0.3) is 0 Å². The fourth-order valence-electron chi connectivity index (χ4n) is 2.69. The van der Waals surface area contributed by atoms with Gasteiger partial charge in [0.05, 0.1) is 0 Å². The Kier molecular flexibility index (Phi) is 2.65. The molecule has 2 aliphatic heterocycles. The summed E-state index contributed by atoms with van der Waals surface area (Å²) in [5, 5.41) is 0.889. The van der Waals surface area contributed by atoms with E-state index in [-0.39, 0.29) is 5.12 Å². The van der Waals surface area contributed by atoms with E-state index in [1.54, 1.807) is 18.7 Å². The van der Waals surface area contributed by atoms with Gasteiger partial charge >= 0.3 is 0 Å². The predicted molar refractivity (Wildman–Crippen MR) is 55.9 cm³/mol. The summed E-state index contributed by atoms with van der Waals surface area (Å²) in [5.41, 5.74) is 0. The first-order valence-electron chi connectivity index (χ1n) is 5.06. The smallest absolute Gasteiger partial charge is 0.186 e. The Morgan fingerprint density at radius 3 is 2.31 bits per heavy atom. The van der Waals surface area contributed by atoms with Gasteiger partial charge in [-0.15, -0.1) is 0 Å². The second-order valence-electron chi connectivity index (χ2n) is 4.25. The molecule has 0 N–H and O–H groups in total. The summed E-state index contributed by atoms with van der Waals surface area (Å²) >= 11 is 1.56. The number of carbonyl (C=O) groups is 1. The Morgan fingerprint density at radius 1 is 1.31 bits per heavy atom. The van der Waals surface area contributed by atoms with Crippen LogP contribution in [0.1, 0.15) is 32.6 Å². The van der Waals surface area contributed by atoms with Gasteiger partial charge in [-0.2, -0.15) is 0 Å². The maximum absolute atomic E-state index is 11.0. The van der Waals surface area contributed by atoms with Gasteiger partial charge in [0.25, 0.3) is 0 Å². The summed E-state index contributed by atoms with van der Waals surface area (Å²) in [6.45, 7) is 1.69. The van der Waals surface area contributed by atoms with E-state index in [4.69, 9.17) is 0 Å². The zero-order chi connectivity index (χ0) is 9.42. The molecule has 2 bridgehead atoms. The van der Waals surface area contributed by atoms with E-state index in [2.05, 4.69) is 11.9 Å². The molecule has 13 heavy (non-hydrogen) atoms. The summed E-state index contributed by atoms with van der Waals surface area (Å²) in [6.07, 6.45) is 5.13. The minimum atomic E-state index is 0.286. The van der Waals surface area contributed by atoms with Gasteiger partial charge in [0.2, 0.25) is 0 Å². The lowest BCUT2D eigenvalue weighted by Crippen LogP contribution is -2.41. The molecule has 0 aromatic carbocycles. The molecule has 0 aromatic heterocycles. The van der Waals surface area contributed by atoms with Gasteiger partial charge in [-0.05, 0) is 32.7 Å². The topological polar surface area (TPSA) is 20.3 Å². The molecule has 0 radical (unpaired) electrons. The standard InChI is InChI=1S/C10H17NOS/c1-7(12)13-10-5-8-3-4-9(6-10)11(8)2/h8-10H,3-6H2,1-2H3. The van der Waals surface area contributed by atoms with Crippen LogP contribution >= 0.6 is 11.8 Å². The maximum Gasteiger partial charge on any atom is 0.186 e. The normalized spacial score (nSPS) is 39.4. The lowest BCUT2D eigenvalue weighted by molar-refractivity contribution is -0.109. The molecular formula is C10H17NOS. The highest BCUT2D eigenvalue weighted by Gasteiger charge is 2.38. The molecule has 2 atom stereocenters. The molecule has 2 saturated heterocycles. The molecule has 2 heterocycles. The lowest BCUT2D eigenvalue weighted by Gasteiger charge is -2.35. The van der Waals surface area contributed by atoms with E-state index >= 15 is 0 Å². The monoisotopic (exact) mass is 199 g/mol. The van der Waals surface area contributed by atoms with Crippen molar-refractivity contribution < 1.29 is 4.79 Å². The fourth-order valence-corrected chi connectivity index (χ4v) is 3.80. The fraction of sp³-hybridized carbons (Fsp3) is 0.900. The third-order valence-corrected chi connectivity index (χ3v) is 4.44. The molecule has 0 amide bonds. The third-order valence-electron chi connectivity index (χ3n) is 3.39. The van der Waals surface area contributed by atoms with Crippen molar-refractivity contribution in [3.8, 4) is 0 Å². The van der Waals surface area contributed by atoms with Gasteiger partial charge in [0, 0.05) is 24.3 Å². The van der Waals surface area contributed by atoms with Crippen molar-refractivity contribution in [2.45, 2.75) is 49.9 Å². The van der Waals surface area contributed by atoms with Crippen molar-refractivity contribution >= 4 is 16.9 Å². The van der Waals surface area contributed by atoms with Crippen LogP contribution in [0.5, 0.6) is 0 Å². The second-order valence-corrected chi connectivity index (χ2v) is 5.73. The van der Waals surface area contributed by atoms with Gasteiger partial charge < -0.3 is 4.90 Å². The highest BCUT2D eigenvalue weighted by atomic mass is 32.2. The number of nitrogens with zero attached hydrogens (tertiary/aromatic N) is 1. The molecule has 2 unspecified atom stereocenters. The van der Waals surface area contributed by atoms with E-state index < -0.39 is 0 Å². The van der Waals surface area contributed by atoms with Crippen molar-refractivity contribution in [3.05, 3.63) is 0 Å². The highest BCUT2D eigenvalue weighted by molar-refractivity contribution is 8.14. The molecule has 0 spiro atoms. The quantitative estimate of drug-likeness (QED) is 0.643. The van der Waals surface area contributed by atoms with Crippen LogP contribution in [-0.4, -0.2) is 34.4 Å². The number of hydrogen-bond donors (Lipinski definition) is 0. The van der Waals surface area contributed by atoms with Crippen molar-refractivity contribution in [2.24, 2.45) is 0 Å². The first kappa shape index (κ1) is 9.53. The minimum Gasteiger partial charge on any atom is -0.300 e. The molecular weight excluding hydrogens is 182 g/mol. The summed E-state index contributed by atoms with van der Waals surface area (Å²) in [7, 11) is 2.23. The predicted octanol–water partition coefficient (Wildman–Crippen LogP) is 1.89. The van der Waals surface area contributed by atoms with Crippen molar-refractivity contribution in [2.75, 3.05) is 7.05 Å². The van der Waals surface area contributed by atoms with Gasteiger partial charge in [-0.3, -0.25) is 4.79 Å². The lowest BCUT2D eigenvalue weighted by atomic mass is 10.0. The Labute approximate surface area is 84.1 Å². The number of hydrogen-bond acceptors (Lipinski definition) is 3. The average molecular weight is 199 g/mol. The maximum atomic E-state index is 11.0. The van der Waals surface area contributed by atoms with Crippen LogP contribution in [0.3, 0.4) is 0 Å². The van der Waals surface area contributed by atoms with E-state index in [9.17, 15) is 4.79 Å². The van der Waals surface area contributed by atoms with E-state index in [0.29, 0.717) is 5.25 Å². The number of carbonyl (C=O) groups excluding carboxylic acids is 1. The Balaban J connectivity index is 1.95. The van der Waals surface area contributed by atoms with Crippen LogP contribution in [0.15, 0.2) is 0 Å². The van der Waals surface area contributed by atoms with E-state index in [0.717, 1.165) is 12.1 Å². The Bertz CT molecular complexity index is 205. The van der Waals surface area contributed by atoms with E-state index in [1.165, 1.54) is 25.7 Å². The van der Waals surface area contributed by atoms with Crippen molar-refractivity contribution in [1.29, 1.82) is 0 Å². The zero-order valence-electron chi connectivity index (χ0n) is 8.32. The molecule has 2 fully saturated rings. The molecule has 0 aromatic rings. The zero-order valence-corrected chi connectivity index (χ0v) is 9.14. The molecule has 2 rings (SSSR count). The average Bonchev–Trinajstić information content (AvgIpc) is 2.33. The molecule has 0 saturated carbocycles. The van der Waals surface area contributed by atoms with Crippen LogP contribution in [-0.2, 0) is 4.79 Å². The van der Waals surface area contributed by atoms with Gasteiger partial charge in [-0.1, -0.05) is 11.8 Å². The Hall–Kier alpha value is -0.0200. The molecule has 0 aliphatic carbocycles. The number of rotatable bonds is 1. The van der Waals surface area contributed by atoms with Crippen LogP contribution in [0, 0.1) is 0 Å². The molecule has 74 valence electrons. The van der Waals surface area contributed by atoms with Crippen molar-refractivity contribution in [3.63, 3.8) is 0 Å². The second kappa shape index (κ2) is 3.62. The molecule has 2 nitrogen and oxygen atoms in total. The minimum absolute atomic E-state index is 0.286. The van der Waals surface area contributed by atoms with E-state index in [1.807, 2.05) is 0 Å². The number of thioether (sulfide) groups is 1. The largest absolute Gasteiger partial charge is 0.300 e. The van der Waals surface area contributed by atoms with Crippen LogP contribution in [0.4, 0.5) is 0 Å². The van der Waals surface area contributed by atoms with Gasteiger partial charge in [0.15, 0.2) is 5.12 Å². The molecule has 3 heteroatoms. The first-order valence-corrected chi connectivity index (χ1v) is 5.94. The summed E-state index contributed by atoms with van der Waals surface area (Å²) in [5.74, 6) is 0. The van der Waals surface area contributed by atoms with Gasteiger partial charge in [-0.25, -0.2) is 0 Å². The number of fused-ring (bicyclic) bond motifs is 2. The SMILES string of the molecule is CC(=O)SC1CC2CCC(C1)N2C. The van der Waals surface area contributed by atoms with Crippen molar-refractivity contribution in [1.82, 2.24) is 4.90 Å². The summed E-state index contributed by atoms with van der Waals surface area (Å²) in [4.78, 5) is 13.5. The first-order chi connectivity index (χ1) is 6.16. The number of piperidine rings is 1. The summed E-state index contributed by atoms with van der Waals surface area (Å²) in [6, 6.07) is 1.52. The highest BCUT2D eigenvalue weighted by Crippen LogP contribution is 2.39. The van der Waals surface area contributed by atoms with Crippen LogP contribution in [0.2, 0.25) is 0 Å². The van der Waals surface area contributed by atoms with Crippen LogP contribution < -0.4 is 0 Å². The third kappa shape index (κ3) is 1.91. The Morgan fingerprint density at radius 2 is 1.85 bits per heavy atom.